The Labute approximate surface area is 112 Å². The number of fused-ring (bicyclic) bond motifs is 1. The lowest BCUT2D eigenvalue weighted by Crippen LogP contribution is -2.40. The molecule has 96 valence electrons. The van der Waals surface area contributed by atoms with Gasteiger partial charge >= 0.3 is 0 Å². The molecule has 1 saturated carbocycles. The van der Waals surface area contributed by atoms with Gasteiger partial charge < -0.3 is 4.90 Å². The average Bonchev–Trinajstić information content (AvgIpc) is 3.13. The highest BCUT2D eigenvalue weighted by molar-refractivity contribution is 7.80. The molecule has 0 atom stereocenters. The van der Waals surface area contributed by atoms with Crippen LogP contribution in [0.15, 0.2) is 18.2 Å². The monoisotopic (exact) mass is 265 g/mol. The number of halogens is 1. The van der Waals surface area contributed by atoms with Gasteiger partial charge in [0.25, 0.3) is 0 Å². The molecule has 2 aliphatic rings. The van der Waals surface area contributed by atoms with Gasteiger partial charge in [-0.05, 0) is 54.2 Å². The van der Waals surface area contributed by atoms with Crippen LogP contribution in [-0.2, 0) is 11.2 Å². The SMILES string of the molecule is O=C1CCc2cc(F)ccc2N1CC1(CS)CC1. The van der Waals surface area contributed by atoms with Crippen molar-refractivity contribution in [1.29, 1.82) is 0 Å². The number of amides is 1. The zero-order chi connectivity index (χ0) is 12.8. The molecule has 4 heteroatoms. The lowest BCUT2D eigenvalue weighted by atomic mass is 9.99. The summed E-state index contributed by atoms with van der Waals surface area (Å²) < 4.78 is 13.2. The van der Waals surface area contributed by atoms with E-state index in [0.29, 0.717) is 12.8 Å². The number of rotatable bonds is 3. The van der Waals surface area contributed by atoms with Crippen LogP contribution in [0.3, 0.4) is 0 Å². The highest BCUT2D eigenvalue weighted by atomic mass is 32.1. The van der Waals surface area contributed by atoms with Crippen molar-refractivity contribution in [2.24, 2.45) is 5.41 Å². The van der Waals surface area contributed by atoms with E-state index in [4.69, 9.17) is 0 Å². The number of benzene rings is 1. The van der Waals surface area contributed by atoms with Gasteiger partial charge in [-0.2, -0.15) is 12.6 Å². The molecule has 0 unspecified atom stereocenters. The summed E-state index contributed by atoms with van der Waals surface area (Å²) in [5.74, 6) is 0.744. The van der Waals surface area contributed by atoms with Crippen LogP contribution in [0.2, 0.25) is 0 Å². The van der Waals surface area contributed by atoms with Crippen LogP contribution in [0.4, 0.5) is 10.1 Å². The highest BCUT2D eigenvalue weighted by Gasteiger charge is 2.44. The van der Waals surface area contributed by atoms with E-state index in [1.807, 2.05) is 4.90 Å². The number of hydrogen-bond acceptors (Lipinski definition) is 2. The van der Waals surface area contributed by atoms with Crippen LogP contribution in [-0.4, -0.2) is 18.2 Å². The van der Waals surface area contributed by atoms with Crippen molar-refractivity contribution >= 4 is 24.2 Å². The molecule has 0 bridgehead atoms. The van der Waals surface area contributed by atoms with Gasteiger partial charge in [-0.1, -0.05) is 0 Å². The van der Waals surface area contributed by atoms with Gasteiger partial charge in [-0.25, -0.2) is 4.39 Å². The fourth-order valence-corrected chi connectivity index (χ4v) is 3.00. The van der Waals surface area contributed by atoms with Crippen LogP contribution in [0.1, 0.15) is 24.8 Å². The number of aryl methyl sites for hydroxylation is 1. The van der Waals surface area contributed by atoms with E-state index in [1.165, 1.54) is 6.07 Å². The van der Waals surface area contributed by atoms with Crippen molar-refractivity contribution in [3.8, 4) is 0 Å². The van der Waals surface area contributed by atoms with E-state index >= 15 is 0 Å². The van der Waals surface area contributed by atoms with Crippen LogP contribution in [0.5, 0.6) is 0 Å². The maximum atomic E-state index is 13.2. The molecule has 1 amide bonds. The fraction of sp³-hybridized carbons (Fsp3) is 0.500. The Balaban J connectivity index is 1.92. The summed E-state index contributed by atoms with van der Waals surface area (Å²) in [6.07, 6.45) is 3.41. The maximum absolute atomic E-state index is 13.2. The Bertz CT molecular complexity index is 499. The second-order valence-corrected chi connectivity index (χ2v) is 5.73. The molecule has 3 rings (SSSR count). The number of thiol groups is 1. The minimum atomic E-state index is -0.224. The summed E-state index contributed by atoms with van der Waals surface area (Å²) in [5.41, 5.74) is 2.03. The smallest absolute Gasteiger partial charge is 0.227 e. The summed E-state index contributed by atoms with van der Waals surface area (Å²) >= 11 is 4.38. The Morgan fingerprint density at radius 2 is 2.11 bits per heavy atom. The van der Waals surface area contributed by atoms with Crippen molar-refractivity contribution in [1.82, 2.24) is 0 Å². The van der Waals surface area contributed by atoms with Crippen molar-refractivity contribution < 1.29 is 9.18 Å². The molecule has 0 N–H and O–H groups in total. The predicted octanol–water partition coefficient (Wildman–Crippen LogP) is 2.81. The van der Waals surface area contributed by atoms with Crippen molar-refractivity contribution in [2.75, 3.05) is 17.2 Å². The summed E-state index contributed by atoms with van der Waals surface area (Å²) in [6, 6.07) is 4.72. The molecule has 18 heavy (non-hydrogen) atoms. The summed E-state index contributed by atoms with van der Waals surface area (Å²) in [5, 5.41) is 0. The first kappa shape index (κ1) is 12.0. The normalized spacial score (nSPS) is 20.8. The Morgan fingerprint density at radius 3 is 2.78 bits per heavy atom. The molecule has 1 aromatic rings. The molecule has 1 aromatic carbocycles. The topological polar surface area (TPSA) is 20.3 Å². The first-order chi connectivity index (χ1) is 8.63. The first-order valence-corrected chi connectivity index (χ1v) is 6.96. The molecule has 0 radical (unpaired) electrons. The van der Waals surface area contributed by atoms with Crippen LogP contribution >= 0.6 is 12.6 Å². The van der Waals surface area contributed by atoms with Crippen LogP contribution in [0.25, 0.3) is 0 Å². The van der Waals surface area contributed by atoms with Gasteiger partial charge in [-0.15, -0.1) is 0 Å². The summed E-state index contributed by atoms with van der Waals surface area (Å²) in [7, 11) is 0. The molecule has 2 nitrogen and oxygen atoms in total. The number of anilines is 1. The van der Waals surface area contributed by atoms with Crippen molar-refractivity contribution in [3.05, 3.63) is 29.6 Å². The molecule has 1 aliphatic heterocycles. The Hall–Kier alpha value is -1.03. The summed E-state index contributed by atoms with van der Waals surface area (Å²) in [6.45, 7) is 0.730. The molecular formula is C14H16FNOS. The Morgan fingerprint density at radius 1 is 1.33 bits per heavy atom. The molecule has 1 aliphatic carbocycles. The van der Waals surface area contributed by atoms with Gasteiger partial charge in [0.15, 0.2) is 0 Å². The largest absolute Gasteiger partial charge is 0.312 e. The molecule has 0 spiro atoms. The summed E-state index contributed by atoms with van der Waals surface area (Å²) in [4.78, 5) is 13.9. The van der Waals surface area contributed by atoms with Crippen molar-refractivity contribution in [2.45, 2.75) is 25.7 Å². The Kier molecular flexibility index (Phi) is 2.85. The van der Waals surface area contributed by atoms with E-state index in [0.717, 1.165) is 36.4 Å². The molecule has 1 fully saturated rings. The minimum Gasteiger partial charge on any atom is -0.312 e. The molecule has 1 heterocycles. The third kappa shape index (κ3) is 2.03. The van der Waals surface area contributed by atoms with Gasteiger partial charge in [0, 0.05) is 18.7 Å². The standard InChI is InChI=1S/C14H16FNOS/c15-11-2-3-12-10(7-11)1-4-13(17)16(12)8-14(9-18)5-6-14/h2-3,7,18H,1,4-6,8-9H2. The van der Waals surface area contributed by atoms with Crippen LogP contribution < -0.4 is 4.90 Å². The molecule has 0 saturated heterocycles. The average molecular weight is 265 g/mol. The lowest BCUT2D eigenvalue weighted by molar-refractivity contribution is -0.119. The van der Waals surface area contributed by atoms with Crippen molar-refractivity contribution in [3.63, 3.8) is 0 Å². The van der Waals surface area contributed by atoms with E-state index in [1.54, 1.807) is 12.1 Å². The third-order valence-corrected chi connectivity index (χ3v) is 4.70. The lowest BCUT2D eigenvalue weighted by Gasteiger charge is -2.32. The number of carbonyl (C=O) groups is 1. The molecule has 0 aromatic heterocycles. The molecular weight excluding hydrogens is 249 g/mol. The van der Waals surface area contributed by atoms with Gasteiger partial charge in [0.2, 0.25) is 5.91 Å². The van der Waals surface area contributed by atoms with Crippen LogP contribution in [0, 0.1) is 11.2 Å². The second kappa shape index (κ2) is 4.26. The minimum absolute atomic E-state index is 0.155. The number of hydrogen-bond donors (Lipinski definition) is 1. The van der Waals surface area contributed by atoms with Gasteiger partial charge in [-0.3, -0.25) is 4.79 Å². The van der Waals surface area contributed by atoms with Gasteiger partial charge in [0.05, 0.1) is 0 Å². The zero-order valence-corrected chi connectivity index (χ0v) is 11.0. The van der Waals surface area contributed by atoms with E-state index in [2.05, 4.69) is 12.6 Å². The third-order valence-electron chi connectivity index (χ3n) is 4.03. The maximum Gasteiger partial charge on any atom is 0.227 e. The number of carbonyl (C=O) groups excluding carboxylic acids is 1. The first-order valence-electron chi connectivity index (χ1n) is 6.33. The van der Waals surface area contributed by atoms with Gasteiger partial charge in [0.1, 0.15) is 5.82 Å². The highest BCUT2D eigenvalue weighted by Crippen LogP contribution is 2.48. The predicted molar refractivity (Wildman–Crippen MR) is 72.6 cm³/mol. The van der Waals surface area contributed by atoms with E-state index in [9.17, 15) is 9.18 Å². The fourth-order valence-electron chi connectivity index (χ4n) is 2.58. The number of nitrogens with zero attached hydrogens (tertiary/aromatic N) is 1. The quantitative estimate of drug-likeness (QED) is 0.833. The van der Waals surface area contributed by atoms with E-state index in [-0.39, 0.29) is 17.1 Å². The zero-order valence-electron chi connectivity index (χ0n) is 10.2. The second-order valence-electron chi connectivity index (χ2n) is 5.41. The van der Waals surface area contributed by atoms with E-state index < -0.39 is 0 Å².